The largest absolute Gasteiger partial charge is 0.479 e. The molecule has 0 spiro atoms. The van der Waals surface area contributed by atoms with Gasteiger partial charge >= 0.3 is 5.97 Å². The Balaban J connectivity index is 2.06. The zero-order chi connectivity index (χ0) is 16.4. The van der Waals surface area contributed by atoms with Gasteiger partial charge in [-0.05, 0) is 48.7 Å². The summed E-state index contributed by atoms with van der Waals surface area (Å²) in [5.74, 6) is -0.492. The molecule has 1 N–H and O–H groups in total. The Labute approximate surface area is 134 Å². The Morgan fingerprint density at radius 1 is 1.13 bits per heavy atom. The molecule has 1 atom stereocenters. The van der Waals surface area contributed by atoms with Crippen molar-refractivity contribution in [1.82, 2.24) is 4.98 Å². The molecule has 0 unspecified atom stereocenters. The van der Waals surface area contributed by atoms with Gasteiger partial charge < -0.3 is 9.84 Å². The smallest absolute Gasteiger partial charge is 0.344 e. The molecule has 2 aromatic carbocycles. The lowest BCUT2D eigenvalue weighted by molar-refractivity contribution is -0.144. The first kappa shape index (κ1) is 15.0. The summed E-state index contributed by atoms with van der Waals surface area (Å²) >= 11 is 0. The standard InChI is InChI=1S/C19H17NO3/c1-12-5-3-4-6-15(12)16-9-10-20-18-11-14(7-8-17(16)18)23-13(2)19(21)22/h3-11,13H,1-2H3,(H,21,22)/t13-/m1/s1. The fourth-order valence-electron chi connectivity index (χ4n) is 2.57. The molecule has 0 aliphatic heterocycles. The third kappa shape index (κ3) is 3.01. The molecule has 23 heavy (non-hydrogen) atoms. The zero-order valence-electron chi connectivity index (χ0n) is 13.0. The number of fused-ring (bicyclic) bond motifs is 1. The molecule has 0 fully saturated rings. The summed E-state index contributed by atoms with van der Waals surface area (Å²) in [6, 6.07) is 15.7. The molecule has 0 aliphatic rings. The Bertz CT molecular complexity index is 873. The highest BCUT2D eigenvalue weighted by Gasteiger charge is 2.13. The molecule has 116 valence electrons. The van der Waals surface area contributed by atoms with E-state index in [1.807, 2.05) is 24.3 Å². The number of aryl methyl sites for hydroxylation is 1. The van der Waals surface area contributed by atoms with Gasteiger partial charge in [0, 0.05) is 17.6 Å². The molecule has 1 heterocycles. The topological polar surface area (TPSA) is 59.4 Å². The number of pyridine rings is 1. The van der Waals surface area contributed by atoms with E-state index in [1.165, 1.54) is 12.5 Å². The number of benzene rings is 2. The van der Waals surface area contributed by atoms with Crippen LogP contribution < -0.4 is 4.74 Å². The molecule has 0 saturated carbocycles. The fraction of sp³-hybridized carbons (Fsp3) is 0.158. The maximum atomic E-state index is 10.9. The van der Waals surface area contributed by atoms with Gasteiger partial charge in [-0.1, -0.05) is 24.3 Å². The van der Waals surface area contributed by atoms with Crippen LogP contribution in [0.15, 0.2) is 54.7 Å². The van der Waals surface area contributed by atoms with Gasteiger partial charge in [-0.15, -0.1) is 0 Å². The van der Waals surface area contributed by atoms with Crippen molar-refractivity contribution in [2.24, 2.45) is 0 Å². The fourth-order valence-corrected chi connectivity index (χ4v) is 2.57. The summed E-state index contributed by atoms with van der Waals surface area (Å²) in [5.41, 5.74) is 4.24. The van der Waals surface area contributed by atoms with E-state index in [0.29, 0.717) is 5.75 Å². The number of aliphatic carboxylic acids is 1. The average molecular weight is 307 g/mol. The first-order valence-corrected chi connectivity index (χ1v) is 7.40. The molecule has 3 aromatic rings. The SMILES string of the molecule is Cc1ccccc1-c1ccnc2cc(O[C@H](C)C(=O)O)ccc12. The zero-order valence-corrected chi connectivity index (χ0v) is 13.0. The quantitative estimate of drug-likeness (QED) is 0.789. The molecule has 0 radical (unpaired) electrons. The monoisotopic (exact) mass is 307 g/mol. The second kappa shape index (κ2) is 6.08. The van der Waals surface area contributed by atoms with Crippen LogP contribution in [-0.2, 0) is 4.79 Å². The van der Waals surface area contributed by atoms with E-state index in [1.54, 1.807) is 18.3 Å². The van der Waals surface area contributed by atoms with Crippen molar-refractivity contribution in [3.63, 3.8) is 0 Å². The predicted molar refractivity (Wildman–Crippen MR) is 89.6 cm³/mol. The van der Waals surface area contributed by atoms with Gasteiger partial charge in [0.1, 0.15) is 5.75 Å². The van der Waals surface area contributed by atoms with E-state index in [9.17, 15) is 4.79 Å². The van der Waals surface area contributed by atoms with Gasteiger partial charge in [0.05, 0.1) is 5.52 Å². The van der Waals surface area contributed by atoms with Crippen molar-refractivity contribution < 1.29 is 14.6 Å². The minimum absolute atomic E-state index is 0.502. The number of nitrogens with zero attached hydrogens (tertiary/aromatic N) is 1. The van der Waals surface area contributed by atoms with Crippen LogP contribution in [0.5, 0.6) is 5.75 Å². The van der Waals surface area contributed by atoms with Gasteiger partial charge in [0.25, 0.3) is 0 Å². The first-order chi connectivity index (χ1) is 11.1. The van der Waals surface area contributed by atoms with Gasteiger partial charge in [-0.3, -0.25) is 4.98 Å². The number of rotatable bonds is 4. The van der Waals surface area contributed by atoms with Crippen LogP contribution in [0.3, 0.4) is 0 Å². The molecule has 1 aromatic heterocycles. The van der Waals surface area contributed by atoms with Gasteiger partial charge in [-0.25, -0.2) is 4.79 Å². The van der Waals surface area contributed by atoms with E-state index in [-0.39, 0.29) is 0 Å². The van der Waals surface area contributed by atoms with Gasteiger partial charge in [-0.2, -0.15) is 0 Å². The molecule has 3 rings (SSSR count). The number of carbonyl (C=O) groups is 1. The molecular formula is C19H17NO3. The third-order valence-corrected chi connectivity index (χ3v) is 3.81. The van der Waals surface area contributed by atoms with E-state index in [2.05, 4.69) is 24.0 Å². The van der Waals surface area contributed by atoms with E-state index < -0.39 is 12.1 Å². The van der Waals surface area contributed by atoms with Crippen LogP contribution in [-0.4, -0.2) is 22.2 Å². The Hall–Kier alpha value is -2.88. The van der Waals surface area contributed by atoms with E-state index in [0.717, 1.165) is 22.0 Å². The van der Waals surface area contributed by atoms with Crippen molar-refractivity contribution in [3.05, 3.63) is 60.3 Å². The number of aromatic nitrogens is 1. The highest BCUT2D eigenvalue weighted by molar-refractivity contribution is 5.95. The molecule has 0 aliphatic carbocycles. The lowest BCUT2D eigenvalue weighted by Gasteiger charge is -2.13. The summed E-state index contributed by atoms with van der Waals surface area (Å²) < 4.78 is 5.41. The van der Waals surface area contributed by atoms with E-state index in [4.69, 9.17) is 9.84 Å². The van der Waals surface area contributed by atoms with Crippen molar-refractivity contribution >= 4 is 16.9 Å². The third-order valence-electron chi connectivity index (χ3n) is 3.81. The summed E-state index contributed by atoms with van der Waals surface area (Å²) in [6.07, 6.45) is 0.862. The van der Waals surface area contributed by atoms with Crippen molar-refractivity contribution in [1.29, 1.82) is 0 Å². The van der Waals surface area contributed by atoms with Crippen LogP contribution in [0.2, 0.25) is 0 Å². The van der Waals surface area contributed by atoms with Gasteiger partial charge in [0.15, 0.2) is 6.10 Å². The second-order valence-electron chi connectivity index (χ2n) is 5.45. The van der Waals surface area contributed by atoms with Crippen molar-refractivity contribution in [2.75, 3.05) is 0 Å². The molecule has 4 nitrogen and oxygen atoms in total. The Kier molecular flexibility index (Phi) is 3.98. The maximum absolute atomic E-state index is 10.9. The Morgan fingerprint density at radius 3 is 2.65 bits per heavy atom. The van der Waals surface area contributed by atoms with Crippen LogP contribution >= 0.6 is 0 Å². The Morgan fingerprint density at radius 2 is 1.91 bits per heavy atom. The summed E-state index contributed by atoms with van der Waals surface area (Å²) in [7, 11) is 0. The van der Waals surface area contributed by atoms with Crippen molar-refractivity contribution in [3.8, 4) is 16.9 Å². The molecular weight excluding hydrogens is 290 g/mol. The molecule has 0 amide bonds. The van der Waals surface area contributed by atoms with Crippen LogP contribution in [0.25, 0.3) is 22.0 Å². The number of hydrogen-bond donors (Lipinski definition) is 1. The minimum Gasteiger partial charge on any atom is -0.479 e. The molecule has 0 bridgehead atoms. The first-order valence-electron chi connectivity index (χ1n) is 7.40. The average Bonchev–Trinajstić information content (AvgIpc) is 2.54. The normalized spacial score (nSPS) is 12.1. The minimum atomic E-state index is -0.994. The molecule has 4 heteroatoms. The highest BCUT2D eigenvalue weighted by atomic mass is 16.5. The number of carboxylic acids is 1. The number of carboxylic acid groups (broad SMARTS) is 1. The van der Waals surface area contributed by atoms with Crippen LogP contribution in [0.1, 0.15) is 12.5 Å². The molecule has 0 saturated heterocycles. The summed E-state index contributed by atoms with van der Waals surface area (Å²) in [4.78, 5) is 15.3. The van der Waals surface area contributed by atoms with E-state index >= 15 is 0 Å². The predicted octanol–water partition coefficient (Wildman–Crippen LogP) is 4.06. The van der Waals surface area contributed by atoms with Gasteiger partial charge in [0.2, 0.25) is 0 Å². The van der Waals surface area contributed by atoms with Crippen LogP contribution in [0, 0.1) is 6.92 Å². The maximum Gasteiger partial charge on any atom is 0.344 e. The van der Waals surface area contributed by atoms with Crippen LogP contribution in [0.4, 0.5) is 0 Å². The second-order valence-corrected chi connectivity index (χ2v) is 5.45. The van der Waals surface area contributed by atoms with Crippen molar-refractivity contribution in [2.45, 2.75) is 20.0 Å². The lowest BCUT2D eigenvalue weighted by Crippen LogP contribution is -2.22. The highest BCUT2D eigenvalue weighted by Crippen LogP contribution is 2.31. The summed E-state index contributed by atoms with van der Waals surface area (Å²) in [5, 5.41) is 9.95. The number of hydrogen-bond acceptors (Lipinski definition) is 3. The summed E-state index contributed by atoms with van der Waals surface area (Å²) in [6.45, 7) is 3.58. The number of ether oxygens (including phenoxy) is 1. The lowest BCUT2D eigenvalue weighted by atomic mass is 9.97.